The second kappa shape index (κ2) is 4.94. The first-order valence-corrected chi connectivity index (χ1v) is 6.69. The molecule has 0 spiro atoms. The minimum absolute atomic E-state index is 0.390. The van der Waals surface area contributed by atoms with Crippen molar-refractivity contribution in [3.8, 4) is 0 Å². The van der Waals surface area contributed by atoms with Gasteiger partial charge in [-0.2, -0.15) is 0 Å². The van der Waals surface area contributed by atoms with E-state index >= 15 is 0 Å². The van der Waals surface area contributed by atoms with Crippen LogP contribution >= 0.6 is 0 Å². The van der Waals surface area contributed by atoms with E-state index in [0.29, 0.717) is 24.4 Å². The molecule has 19 heavy (non-hydrogen) atoms. The smallest absolute Gasteiger partial charge is 0.254 e. The molecule has 0 saturated heterocycles. The van der Waals surface area contributed by atoms with Gasteiger partial charge in [0.25, 0.3) is 5.91 Å². The lowest BCUT2D eigenvalue weighted by Crippen LogP contribution is -2.39. The number of amides is 1. The normalized spacial score (nSPS) is 22.0. The van der Waals surface area contributed by atoms with Crippen LogP contribution in [-0.4, -0.2) is 29.0 Å². The van der Waals surface area contributed by atoms with E-state index in [-0.39, 0.29) is 0 Å². The molecule has 0 bridgehead atoms. The number of benzene rings is 1. The van der Waals surface area contributed by atoms with Crippen molar-refractivity contribution in [3.05, 3.63) is 34.9 Å². The molecule has 0 fully saturated rings. The Bertz CT molecular complexity index is 499. The van der Waals surface area contributed by atoms with Gasteiger partial charge in [0.2, 0.25) is 0 Å². The van der Waals surface area contributed by atoms with E-state index in [2.05, 4.69) is 31.9 Å². The topological polar surface area (TPSA) is 66.6 Å². The van der Waals surface area contributed by atoms with Gasteiger partial charge in [-0.05, 0) is 50.4 Å². The average molecular weight is 262 g/mol. The average Bonchev–Trinajstić information content (AvgIpc) is 2.68. The van der Waals surface area contributed by atoms with Gasteiger partial charge >= 0.3 is 0 Å². The Balaban J connectivity index is 2.31. The third kappa shape index (κ3) is 2.51. The highest BCUT2D eigenvalue weighted by Crippen LogP contribution is 2.37. The van der Waals surface area contributed by atoms with Gasteiger partial charge in [0, 0.05) is 12.6 Å². The summed E-state index contributed by atoms with van der Waals surface area (Å²) in [5.41, 5.74) is 6.67. The molecule has 1 aliphatic rings. The number of carbonyl (C=O) groups is 1. The summed E-state index contributed by atoms with van der Waals surface area (Å²) in [4.78, 5) is 13.7. The fourth-order valence-corrected chi connectivity index (χ4v) is 2.50. The molecule has 0 aliphatic heterocycles. The summed E-state index contributed by atoms with van der Waals surface area (Å²) in [5, 5.41) is 10.4. The molecule has 1 aromatic carbocycles. The number of primary amides is 1. The number of hydrogen-bond acceptors (Lipinski definition) is 3. The Morgan fingerprint density at radius 2 is 2.21 bits per heavy atom. The third-order valence-electron chi connectivity index (χ3n) is 4.10. The summed E-state index contributed by atoms with van der Waals surface area (Å²) in [6, 6.07) is 6.43. The molecule has 0 unspecified atom stereocenters. The number of nitrogens with zero attached hydrogens (tertiary/aromatic N) is 1. The first-order valence-electron chi connectivity index (χ1n) is 6.69. The Morgan fingerprint density at radius 3 is 2.79 bits per heavy atom. The molecule has 1 aromatic rings. The van der Waals surface area contributed by atoms with Gasteiger partial charge in [-0.1, -0.05) is 18.2 Å². The molecule has 3 N–H and O–H groups in total. The summed E-state index contributed by atoms with van der Waals surface area (Å²) in [7, 11) is 2.05. The van der Waals surface area contributed by atoms with Crippen LogP contribution in [0.5, 0.6) is 0 Å². The molecule has 1 atom stereocenters. The van der Waals surface area contributed by atoms with Crippen LogP contribution in [0.1, 0.15) is 37.0 Å². The summed E-state index contributed by atoms with van der Waals surface area (Å²) in [6.45, 7) is 5.06. The van der Waals surface area contributed by atoms with Crippen LogP contribution in [-0.2, 0) is 23.4 Å². The van der Waals surface area contributed by atoms with Gasteiger partial charge in [-0.3, -0.25) is 9.69 Å². The fraction of sp³-hybridized carbons (Fsp3) is 0.533. The van der Waals surface area contributed by atoms with E-state index < -0.39 is 11.5 Å². The van der Waals surface area contributed by atoms with Crippen LogP contribution in [0.2, 0.25) is 0 Å². The molecule has 0 radical (unpaired) electrons. The van der Waals surface area contributed by atoms with E-state index in [1.54, 1.807) is 0 Å². The Labute approximate surface area is 114 Å². The van der Waals surface area contributed by atoms with Crippen LogP contribution in [0.15, 0.2) is 18.2 Å². The Hall–Kier alpha value is -1.39. The van der Waals surface area contributed by atoms with E-state index in [4.69, 9.17) is 5.73 Å². The second-order valence-electron chi connectivity index (χ2n) is 5.72. The maximum atomic E-state index is 11.5. The first kappa shape index (κ1) is 14.0. The number of aryl methyl sites for hydroxylation is 1. The van der Waals surface area contributed by atoms with Crippen molar-refractivity contribution in [2.24, 2.45) is 5.73 Å². The van der Waals surface area contributed by atoms with Crippen LogP contribution in [0, 0.1) is 0 Å². The zero-order valence-corrected chi connectivity index (χ0v) is 11.8. The first-order chi connectivity index (χ1) is 8.84. The summed E-state index contributed by atoms with van der Waals surface area (Å²) in [5.74, 6) is -0.652. The monoisotopic (exact) mass is 262 g/mol. The van der Waals surface area contributed by atoms with Crippen molar-refractivity contribution in [3.63, 3.8) is 0 Å². The highest BCUT2D eigenvalue weighted by molar-refractivity contribution is 5.86. The van der Waals surface area contributed by atoms with Crippen LogP contribution in [0.3, 0.4) is 0 Å². The molecule has 4 heteroatoms. The van der Waals surface area contributed by atoms with E-state index in [1.807, 2.05) is 12.1 Å². The summed E-state index contributed by atoms with van der Waals surface area (Å²) < 4.78 is 0. The molecule has 1 amide bonds. The van der Waals surface area contributed by atoms with Gasteiger partial charge in [0.15, 0.2) is 5.60 Å². The quantitative estimate of drug-likeness (QED) is 0.855. The minimum Gasteiger partial charge on any atom is -0.375 e. The highest BCUT2D eigenvalue weighted by Gasteiger charge is 2.42. The minimum atomic E-state index is -1.48. The van der Waals surface area contributed by atoms with E-state index in [9.17, 15) is 9.90 Å². The molecule has 4 nitrogen and oxygen atoms in total. The lowest BCUT2D eigenvalue weighted by atomic mass is 9.94. The third-order valence-corrected chi connectivity index (χ3v) is 4.10. The maximum Gasteiger partial charge on any atom is 0.254 e. The summed E-state index contributed by atoms with van der Waals surface area (Å²) in [6.07, 6.45) is 1.09. The van der Waals surface area contributed by atoms with Crippen molar-refractivity contribution in [2.45, 2.75) is 44.9 Å². The highest BCUT2D eigenvalue weighted by atomic mass is 16.3. The van der Waals surface area contributed by atoms with Gasteiger partial charge < -0.3 is 10.8 Å². The van der Waals surface area contributed by atoms with Crippen LogP contribution in [0.4, 0.5) is 0 Å². The Kier molecular flexibility index (Phi) is 3.65. The van der Waals surface area contributed by atoms with Crippen molar-refractivity contribution in [2.75, 3.05) is 7.05 Å². The molecule has 104 valence electrons. The van der Waals surface area contributed by atoms with Gasteiger partial charge in [-0.15, -0.1) is 0 Å². The number of nitrogens with two attached hydrogens (primary N) is 1. The number of rotatable bonds is 4. The maximum absolute atomic E-state index is 11.5. The predicted octanol–water partition coefficient (Wildman–Crippen LogP) is 1.15. The zero-order chi connectivity index (χ0) is 14.2. The van der Waals surface area contributed by atoms with Crippen LogP contribution in [0.25, 0.3) is 0 Å². The molecular weight excluding hydrogens is 240 g/mol. The predicted molar refractivity (Wildman–Crippen MR) is 74.5 cm³/mol. The van der Waals surface area contributed by atoms with Crippen LogP contribution < -0.4 is 5.73 Å². The Morgan fingerprint density at radius 1 is 1.53 bits per heavy atom. The zero-order valence-electron chi connectivity index (χ0n) is 11.8. The molecule has 0 aromatic heterocycles. The van der Waals surface area contributed by atoms with Crippen molar-refractivity contribution in [1.82, 2.24) is 4.90 Å². The number of carbonyl (C=O) groups excluding carboxylic acids is 1. The van der Waals surface area contributed by atoms with Crippen molar-refractivity contribution < 1.29 is 9.90 Å². The van der Waals surface area contributed by atoms with Gasteiger partial charge in [-0.25, -0.2) is 0 Å². The van der Waals surface area contributed by atoms with Crippen molar-refractivity contribution >= 4 is 5.91 Å². The largest absolute Gasteiger partial charge is 0.375 e. The SMILES string of the molecule is CC(C)N(C)Cc1ccc2c(c1)[C@@](O)(C(N)=O)CC2. The number of aliphatic hydroxyl groups is 1. The summed E-state index contributed by atoms with van der Waals surface area (Å²) >= 11 is 0. The van der Waals surface area contributed by atoms with Gasteiger partial charge in [0.05, 0.1) is 0 Å². The molecule has 0 saturated carbocycles. The molecule has 2 rings (SSSR count). The number of hydrogen-bond donors (Lipinski definition) is 2. The lowest BCUT2D eigenvalue weighted by Gasteiger charge is -2.23. The van der Waals surface area contributed by atoms with Crippen molar-refractivity contribution in [1.29, 1.82) is 0 Å². The number of fused-ring (bicyclic) bond motifs is 1. The second-order valence-corrected chi connectivity index (χ2v) is 5.72. The molecule has 1 aliphatic carbocycles. The standard InChI is InChI=1S/C15H22N2O2/c1-10(2)17(3)9-11-4-5-12-6-7-15(19,14(16)18)13(12)8-11/h4-5,8,10,19H,6-7,9H2,1-3H3,(H2,16,18)/t15-/m1/s1. The van der Waals surface area contributed by atoms with E-state index in [1.165, 1.54) is 0 Å². The molecular formula is C15H22N2O2. The van der Waals surface area contributed by atoms with E-state index in [0.717, 1.165) is 17.7 Å². The molecule has 0 heterocycles. The fourth-order valence-electron chi connectivity index (χ4n) is 2.50. The van der Waals surface area contributed by atoms with Gasteiger partial charge in [0.1, 0.15) is 0 Å². The lowest BCUT2D eigenvalue weighted by molar-refractivity contribution is -0.137.